The molecule has 6 nitrogen and oxygen atoms in total. The molecular formula is C18H29N5O. The van der Waals surface area contributed by atoms with E-state index in [1.165, 1.54) is 45.1 Å². The minimum absolute atomic E-state index is 0.0605. The number of aromatic nitrogens is 3. The molecule has 0 spiro atoms. The number of rotatable bonds is 3. The molecule has 3 aliphatic rings. The molecule has 4 rings (SSSR count). The van der Waals surface area contributed by atoms with Crippen LogP contribution < -0.4 is 0 Å². The Labute approximate surface area is 144 Å². The smallest absolute Gasteiger partial charge is 0.276 e. The Morgan fingerprint density at radius 3 is 2.88 bits per heavy atom. The summed E-state index contributed by atoms with van der Waals surface area (Å²) in [6, 6.07) is 1.46. The molecule has 3 fully saturated rings. The van der Waals surface area contributed by atoms with Crippen molar-refractivity contribution in [2.75, 3.05) is 19.6 Å². The van der Waals surface area contributed by atoms with Crippen LogP contribution in [0.4, 0.5) is 0 Å². The van der Waals surface area contributed by atoms with Gasteiger partial charge in [-0.25, -0.2) is 0 Å². The van der Waals surface area contributed by atoms with Gasteiger partial charge in [-0.05, 0) is 44.4 Å². The van der Waals surface area contributed by atoms with Gasteiger partial charge in [0, 0.05) is 31.7 Å². The summed E-state index contributed by atoms with van der Waals surface area (Å²) in [7, 11) is 0. The lowest BCUT2D eigenvalue weighted by Crippen LogP contribution is -2.62. The number of H-pyrrole nitrogens is 1. The predicted octanol–water partition coefficient (Wildman–Crippen LogP) is 2.23. The lowest BCUT2D eigenvalue weighted by atomic mass is 9.74. The van der Waals surface area contributed by atoms with Gasteiger partial charge in [0.1, 0.15) is 0 Å². The number of carbonyl (C=O) groups is 1. The van der Waals surface area contributed by atoms with Gasteiger partial charge in [0.25, 0.3) is 5.91 Å². The zero-order valence-corrected chi connectivity index (χ0v) is 14.9. The molecule has 0 radical (unpaired) electrons. The Morgan fingerprint density at radius 2 is 2.12 bits per heavy atom. The molecule has 1 amide bonds. The van der Waals surface area contributed by atoms with Crippen LogP contribution in [0.2, 0.25) is 0 Å². The molecule has 0 aliphatic carbocycles. The number of likely N-dealkylation sites (tertiary alicyclic amines) is 1. The summed E-state index contributed by atoms with van der Waals surface area (Å²) < 4.78 is 0. The van der Waals surface area contributed by atoms with Crippen molar-refractivity contribution >= 4 is 5.91 Å². The second-order valence-electron chi connectivity index (χ2n) is 7.97. The van der Waals surface area contributed by atoms with Gasteiger partial charge in [-0.15, -0.1) is 0 Å². The average molecular weight is 331 g/mol. The SMILES string of the molecule is CCC[C@H]1CCC[C@H]2[C@@H]3C[C@@H](CN(C(=O)c4n[nH]nc4C)C3)CN12. The predicted molar refractivity (Wildman–Crippen MR) is 91.7 cm³/mol. The molecule has 0 saturated carbocycles. The van der Waals surface area contributed by atoms with Crippen LogP contribution in [0.15, 0.2) is 0 Å². The van der Waals surface area contributed by atoms with Gasteiger partial charge in [0.2, 0.25) is 0 Å². The summed E-state index contributed by atoms with van der Waals surface area (Å²) in [6.45, 7) is 7.09. The number of nitrogens with one attached hydrogen (secondary N) is 1. The molecule has 1 aromatic heterocycles. The van der Waals surface area contributed by atoms with E-state index in [9.17, 15) is 4.79 Å². The maximum absolute atomic E-state index is 12.8. The number of aryl methyl sites for hydroxylation is 1. The minimum atomic E-state index is 0.0605. The van der Waals surface area contributed by atoms with Crippen LogP contribution in [0.3, 0.4) is 0 Å². The fourth-order valence-electron chi connectivity index (χ4n) is 5.36. The van der Waals surface area contributed by atoms with Crippen LogP contribution in [0.5, 0.6) is 0 Å². The quantitative estimate of drug-likeness (QED) is 0.922. The fraction of sp³-hybridized carbons (Fsp3) is 0.833. The van der Waals surface area contributed by atoms with Crippen LogP contribution >= 0.6 is 0 Å². The van der Waals surface area contributed by atoms with Crippen LogP contribution in [0, 0.1) is 18.8 Å². The first-order chi connectivity index (χ1) is 11.7. The summed E-state index contributed by atoms with van der Waals surface area (Å²) in [6.07, 6.45) is 7.92. The second-order valence-corrected chi connectivity index (χ2v) is 7.97. The highest BCUT2D eigenvalue weighted by molar-refractivity contribution is 5.93. The van der Waals surface area contributed by atoms with Gasteiger partial charge in [-0.1, -0.05) is 19.8 Å². The molecule has 4 atom stereocenters. The molecule has 3 aliphatic heterocycles. The van der Waals surface area contributed by atoms with Gasteiger partial charge < -0.3 is 4.90 Å². The van der Waals surface area contributed by atoms with Crippen LogP contribution in [-0.2, 0) is 0 Å². The fourth-order valence-corrected chi connectivity index (χ4v) is 5.36. The molecule has 1 N–H and O–H groups in total. The molecule has 6 heteroatoms. The zero-order valence-electron chi connectivity index (χ0n) is 14.9. The Kier molecular flexibility index (Phi) is 4.33. The van der Waals surface area contributed by atoms with Crippen molar-refractivity contribution in [3.05, 3.63) is 11.4 Å². The van der Waals surface area contributed by atoms with E-state index >= 15 is 0 Å². The standard InChI is InChI=1S/C18H29N5O/c1-3-5-15-6-4-7-16-14-8-13(10-23(15)16)9-22(11-14)18(24)17-12(2)19-21-20-17/h13-16H,3-11H2,1-2H3,(H,19,20,21)/t13-,14+,15-,16-/m0/s1. The van der Waals surface area contributed by atoms with Crippen molar-refractivity contribution < 1.29 is 4.79 Å². The molecule has 24 heavy (non-hydrogen) atoms. The average Bonchev–Trinajstić information content (AvgIpc) is 3.01. The van der Waals surface area contributed by atoms with Crippen molar-refractivity contribution in [2.24, 2.45) is 11.8 Å². The van der Waals surface area contributed by atoms with Gasteiger partial charge >= 0.3 is 0 Å². The maximum Gasteiger partial charge on any atom is 0.276 e. The highest BCUT2D eigenvalue weighted by Crippen LogP contribution is 2.40. The monoisotopic (exact) mass is 331 g/mol. The zero-order chi connectivity index (χ0) is 16.7. The molecule has 3 saturated heterocycles. The number of amides is 1. The van der Waals surface area contributed by atoms with Gasteiger partial charge in [0.15, 0.2) is 5.69 Å². The normalized spacial score (nSPS) is 33.3. The number of hydrogen-bond acceptors (Lipinski definition) is 4. The first-order valence-electron chi connectivity index (χ1n) is 9.59. The third-order valence-electron chi connectivity index (χ3n) is 6.35. The second kappa shape index (κ2) is 6.47. The van der Waals surface area contributed by atoms with E-state index in [-0.39, 0.29) is 5.91 Å². The molecule has 132 valence electrons. The minimum Gasteiger partial charge on any atom is -0.337 e. The number of nitrogens with zero attached hydrogens (tertiary/aromatic N) is 4. The topological polar surface area (TPSA) is 65.1 Å². The first kappa shape index (κ1) is 16.1. The molecule has 4 heterocycles. The third-order valence-corrected chi connectivity index (χ3v) is 6.35. The Balaban J connectivity index is 1.50. The van der Waals surface area contributed by atoms with Crippen LogP contribution in [-0.4, -0.2) is 62.8 Å². The largest absolute Gasteiger partial charge is 0.337 e. The number of fused-ring (bicyclic) bond motifs is 4. The number of piperidine rings is 3. The van der Waals surface area contributed by atoms with E-state index in [4.69, 9.17) is 0 Å². The lowest BCUT2D eigenvalue weighted by molar-refractivity contribution is -0.0520. The third kappa shape index (κ3) is 2.75. The van der Waals surface area contributed by atoms with E-state index < -0.39 is 0 Å². The molecule has 1 aromatic rings. The first-order valence-corrected chi connectivity index (χ1v) is 9.59. The Bertz CT molecular complexity index is 598. The summed E-state index contributed by atoms with van der Waals surface area (Å²) in [5.74, 6) is 1.31. The maximum atomic E-state index is 12.8. The Morgan fingerprint density at radius 1 is 1.25 bits per heavy atom. The number of aromatic amines is 1. The van der Waals surface area contributed by atoms with Crippen molar-refractivity contribution in [2.45, 2.75) is 64.5 Å². The van der Waals surface area contributed by atoms with Crippen molar-refractivity contribution in [1.82, 2.24) is 25.2 Å². The van der Waals surface area contributed by atoms with E-state index in [1.807, 2.05) is 11.8 Å². The summed E-state index contributed by atoms with van der Waals surface area (Å²) >= 11 is 0. The van der Waals surface area contributed by atoms with E-state index in [1.54, 1.807) is 0 Å². The Hall–Kier alpha value is -1.43. The van der Waals surface area contributed by atoms with Crippen LogP contribution in [0.25, 0.3) is 0 Å². The summed E-state index contributed by atoms with van der Waals surface area (Å²) in [5, 5.41) is 10.7. The van der Waals surface area contributed by atoms with Crippen LogP contribution in [0.1, 0.15) is 61.6 Å². The van der Waals surface area contributed by atoms with E-state index in [0.29, 0.717) is 29.3 Å². The van der Waals surface area contributed by atoms with Gasteiger partial charge in [-0.3, -0.25) is 9.69 Å². The summed E-state index contributed by atoms with van der Waals surface area (Å²) in [5.41, 5.74) is 1.21. The highest BCUT2D eigenvalue weighted by Gasteiger charge is 2.45. The van der Waals surface area contributed by atoms with Gasteiger partial charge in [-0.2, -0.15) is 15.4 Å². The van der Waals surface area contributed by atoms with Crippen molar-refractivity contribution in [3.63, 3.8) is 0 Å². The number of carbonyl (C=O) groups excluding carboxylic acids is 1. The lowest BCUT2D eigenvalue weighted by Gasteiger charge is -2.55. The highest BCUT2D eigenvalue weighted by atomic mass is 16.2. The molecular weight excluding hydrogens is 302 g/mol. The number of hydrogen-bond donors (Lipinski definition) is 1. The molecule has 0 aromatic carbocycles. The van der Waals surface area contributed by atoms with E-state index in [0.717, 1.165) is 19.1 Å². The van der Waals surface area contributed by atoms with Crippen molar-refractivity contribution in [3.8, 4) is 0 Å². The summed E-state index contributed by atoms with van der Waals surface area (Å²) in [4.78, 5) is 17.7. The molecule has 0 unspecified atom stereocenters. The van der Waals surface area contributed by atoms with Crippen molar-refractivity contribution in [1.29, 1.82) is 0 Å². The van der Waals surface area contributed by atoms with E-state index in [2.05, 4.69) is 27.2 Å². The molecule has 2 bridgehead atoms. The van der Waals surface area contributed by atoms with Gasteiger partial charge in [0.05, 0.1) is 5.69 Å².